The first-order chi connectivity index (χ1) is 9.19. The highest BCUT2D eigenvalue weighted by atomic mass is 16.1. The molecule has 4 heteroatoms. The van der Waals surface area contributed by atoms with Crippen molar-refractivity contribution in [3.05, 3.63) is 63.6 Å². The molecule has 0 aliphatic rings. The van der Waals surface area contributed by atoms with Gasteiger partial charge in [-0.2, -0.15) is 5.10 Å². The third-order valence-corrected chi connectivity index (χ3v) is 2.62. The Morgan fingerprint density at radius 1 is 1.21 bits per heavy atom. The van der Waals surface area contributed by atoms with E-state index >= 15 is 0 Å². The fourth-order valence-electron chi connectivity index (χ4n) is 1.68. The lowest BCUT2D eigenvalue weighted by molar-refractivity contribution is 0.628. The highest BCUT2D eigenvalue weighted by Crippen LogP contribution is 2.04. The molecular formula is C15H15N3O. The van der Waals surface area contributed by atoms with Gasteiger partial charge >= 0.3 is 0 Å². The van der Waals surface area contributed by atoms with Gasteiger partial charge in [0, 0.05) is 11.6 Å². The first-order valence-corrected chi connectivity index (χ1v) is 6.01. The van der Waals surface area contributed by atoms with Crippen molar-refractivity contribution in [1.29, 1.82) is 0 Å². The number of nitrogens with two attached hydrogens (primary N) is 1. The molecule has 2 aromatic rings. The van der Waals surface area contributed by atoms with Crippen molar-refractivity contribution < 1.29 is 0 Å². The quantitative estimate of drug-likeness (QED) is 0.809. The van der Waals surface area contributed by atoms with Crippen molar-refractivity contribution in [2.24, 2.45) is 5.73 Å². The van der Waals surface area contributed by atoms with Crippen LogP contribution in [0.15, 0.2) is 41.2 Å². The number of nitrogens with zero attached hydrogens (tertiary/aromatic N) is 2. The number of aromatic nitrogens is 2. The minimum absolute atomic E-state index is 0.0994. The molecule has 0 aliphatic carbocycles. The molecule has 0 fully saturated rings. The lowest BCUT2D eigenvalue weighted by Crippen LogP contribution is -2.22. The van der Waals surface area contributed by atoms with Crippen LogP contribution < -0.4 is 11.3 Å². The molecule has 0 spiro atoms. The van der Waals surface area contributed by atoms with Crippen LogP contribution in [-0.4, -0.2) is 16.3 Å². The van der Waals surface area contributed by atoms with Crippen LogP contribution in [-0.2, 0) is 6.54 Å². The number of aryl methyl sites for hydroxylation is 1. The summed E-state index contributed by atoms with van der Waals surface area (Å²) in [5.74, 6) is 5.76. The van der Waals surface area contributed by atoms with Gasteiger partial charge in [-0.05, 0) is 30.7 Å². The molecule has 0 bridgehead atoms. The Bertz CT molecular complexity index is 675. The number of benzene rings is 1. The SMILES string of the molecule is Cc1ccc(=O)n(Cc2ccc(C#CCN)cc2)n1. The van der Waals surface area contributed by atoms with E-state index in [-0.39, 0.29) is 5.56 Å². The average molecular weight is 253 g/mol. The number of rotatable bonds is 2. The van der Waals surface area contributed by atoms with Gasteiger partial charge in [0.15, 0.2) is 0 Å². The van der Waals surface area contributed by atoms with Crippen molar-refractivity contribution in [2.45, 2.75) is 13.5 Å². The molecule has 0 saturated heterocycles. The lowest BCUT2D eigenvalue weighted by atomic mass is 10.1. The van der Waals surface area contributed by atoms with Crippen LogP contribution >= 0.6 is 0 Å². The summed E-state index contributed by atoms with van der Waals surface area (Å²) in [6.45, 7) is 2.68. The van der Waals surface area contributed by atoms with E-state index in [1.165, 1.54) is 10.7 Å². The van der Waals surface area contributed by atoms with E-state index in [0.29, 0.717) is 13.1 Å². The van der Waals surface area contributed by atoms with Gasteiger partial charge in [-0.1, -0.05) is 24.0 Å². The Labute approximate surface area is 111 Å². The zero-order valence-corrected chi connectivity index (χ0v) is 10.8. The fraction of sp³-hybridized carbons (Fsp3) is 0.200. The molecule has 1 aromatic carbocycles. The molecule has 4 nitrogen and oxygen atoms in total. The maximum Gasteiger partial charge on any atom is 0.267 e. The third-order valence-electron chi connectivity index (χ3n) is 2.62. The minimum atomic E-state index is -0.0994. The second-order valence-electron chi connectivity index (χ2n) is 4.17. The smallest absolute Gasteiger partial charge is 0.267 e. The van der Waals surface area contributed by atoms with E-state index in [1.54, 1.807) is 6.07 Å². The lowest BCUT2D eigenvalue weighted by Gasteiger charge is -2.05. The maximum atomic E-state index is 11.6. The highest BCUT2D eigenvalue weighted by molar-refractivity contribution is 5.36. The van der Waals surface area contributed by atoms with Gasteiger partial charge in [-0.15, -0.1) is 0 Å². The van der Waals surface area contributed by atoms with Crippen LogP contribution in [0.4, 0.5) is 0 Å². The molecule has 96 valence electrons. The van der Waals surface area contributed by atoms with Crippen molar-refractivity contribution in [3.8, 4) is 11.8 Å². The van der Waals surface area contributed by atoms with Gasteiger partial charge < -0.3 is 5.73 Å². The normalized spacial score (nSPS) is 9.79. The maximum absolute atomic E-state index is 11.6. The Morgan fingerprint density at radius 3 is 2.63 bits per heavy atom. The molecule has 2 N–H and O–H groups in total. The van der Waals surface area contributed by atoms with E-state index in [0.717, 1.165) is 16.8 Å². The van der Waals surface area contributed by atoms with Crippen LogP contribution in [0, 0.1) is 18.8 Å². The van der Waals surface area contributed by atoms with Crippen LogP contribution in [0.1, 0.15) is 16.8 Å². The van der Waals surface area contributed by atoms with Crippen molar-refractivity contribution >= 4 is 0 Å². The third kappa shape index (κ3) is 3.54. The van der Waals surface area contributed by atoms with Gasteiger partial charge in [-0.25, -0.2) is 4.68 Å². The van der Waals surface area contributed by atoms with Gasteiger partial charge in [0.2, 0.25) is 0 Å². The van der Waals surface area contributed by atoms with E-state index in [2.05, 4.69) is 16.9 Å². The average Bonchev–Trinajstić information content (AvgIpc) is 2.42. The van der Waals surface area contributed by atoms with E-state index < -0.39 is 0 Å². The minimum Gasteiger partial charge on any atom is -0.320 e. The number of hydrogen-bond acceptors (Lipinski definition) is 3. The molecule has 2 rings (SSSR count). The van der Waals surface area contributed by atoms with Gasteiger partial charge in [0.25, 0.3) is 5.56 Å². The second kappa shape index (κ2) is 5.98. The summed E-state index contributed by atoms with van der Waals surface area (Å²) in [7, 11) is 0. The Kier molecular flexibility index (Phi) is 4.11. The molecule has 1 aromatic heterocycles. The first kappa shape index (κ1) is 13.1. The van der Waals surface area contributed by atoms with Crippen LogP contribution in [0.5, 0.6) is 0 Å². The fourth-order valence-corrected chi connectivity index (χ4v) is 1.68. The van der Waals surface area contributed by atoms with Gasteiger partial charge in [-0.3, -0.25) is 4.79 Å². The summed E-state index contributed by atoms with van der Waals surface area (Å²) < 4.78 is 1.45. The topological polar surface area (TPSA) is 60.9 Å². The monoisotopic (exact) mass is 253 g/mol. The van der Waals surface area contributed by atoms with E-state index in [4.69, 9.17) is 5.73 Å². The molecule has 0 aliphatic heterocycles. The van der Waals surface area contributed by atoms with Crippen molar-refractivity contribution in [2.75, 3.05) is 6.54 Å². The summed E-state index contributed by atoms with van der Waals surface area (Å²) in [6.07, 6.45) is 0. The zero-order chi connectivity index (χ0) is 13.7. The van der Waals surface area contributed by atoms with Crippen molar-refractivity contribution in [3.63, 3.8) is 0 Å². The summed E-state index contributed by atoms with van der Waals surface area (Å²) in [5.41, 5.74) is 7.97. The summed E-state index contributed by atoms with van der Waals surface area (Å²) >= 11 is 0. The van der Waals surface area contributed by atoms with Crippen LogP contribution in [0.2, 0.25) is 0 Å². The summed E-state index contributed by atoms with van der Waals surface area (Å²) in [6, 6.07) is 11.0. The van der Waals surface area contributed by atoms with Gasteiger partial charge in [0.1, 0.15) is 0 Å². The standard InChI is InChI=1S/C15H15N3O/c1-12-4-9-15(19)18(17-12)11-14-7-5-13(6-8-14)3-2-10-16/h4-9H,10-11,16H2,1H3. The number of hydrogen-bond donors (Lipinski definition) is 1. The molecule has 0 atom stereocenters. The molecule has 1 heterocycles. The first-order valence-electron chi connectivity index (χ1n) is 6.01. The predicted molar refractivity (Wildman–Crippen MR) is 74.7 cm³/mol. The van der Waals surface area contributed by atoms with E-state index in [9.17, 15) is 4.79 Å². The highest BCUT2D eigenvalue weighted by Gasteiger charge is 1.99. The molecule has 0 saturated carbocycles. The Balaban J connectivity index is 2.20. The Hall–Kier alpha value is -2.38. The molecule has 0 radical (unpaired) electrons. The Morgan fingerprint density at radius 2 is 1.95 bits per heavy atom. The zero-order valence-electron chi connectivity index (χ0n) is 10.8. The predicted octanol–water partition coefficient (Wildman–Crippen LogP) is 0.910. The van der Waals surface area contributed by atoms with Crippen molar-refractivity contribution in [1.82, 2.24) is 9.78 Å². The largest absolute Gasteiger partial charge is 0.320 e. The molecular weight excluding hydrogens is 238 g/mol. The van der Waals surface area contributed by atoms with Crippen LogP contribution in [0.3, 0.4) is 0 Å². The van der Waals surface area contributed by atoms with Crippen LogP contribution in [0.25, 0.3) is 0 Å². The molecule has 0 amide bonds. The summed E-state index contributed by atoms with van der Waals surface area (Å²) in [5, 5.41) is 4.20. The molecule has 19 heavy (non-hydrogen) atoms. The molecule has 0 unspecified atom stereocenters. The second-order valence-corrected chi connectivity index (χ2v) is 4.17. The summed E-state index contributed by atoms with van der Waals surface area (Å²) in [4.78, 5) is 11.6. The van der Waals surface area contributed by atoms with Gasteiger partial charge in [0.05, 0.1) is 18.8 Å². The van der Waals surface area contributed by atoms with E-state index in [1.807, 2.05) is 31.2 Å².